The van der Waals surface area contributed by atoms with Gasteiger partial charge >= 0.3 is 0 Å². The van der Waals surface area contributed by atoms with E-state index in [0.717, 1.165) is 11.3 Å². The Balaban J connectivity index is 1.91. The Kier molecular flexibility index (Phi) is 6.24. The van der Waals surface area contributed by atoms with Crippen molar-refractivity contribution in [2.24, 2.45) is 0 Å². The van der Waals surface area contributed by atoms with Crippen LogP contribution in [0.3, 0.4) is 0 Å². The van der Waals surface area contributed by atoms with Gasteiger partial charge in [0.25, 0.3) is 5.91 Å². The van der Waals surface area contributed by atoms with Crippen LogP contribution >= 0.6 is 0 Å². The van der Waals surface area contributed by atoms with E-state index in [1.807, 2.05) is 31.2 Å². The molecule has 4 nitrogen and oxygen atoms in total. The molecule has 1 N–H and O–H groups in total. The first kappa shape index (κ1) is 16.6. The second-order valence-electron chi connectivity index (χ2n) is 4.89. The molecule has 0 aromatic heterocycles. The van der Waals surface area contributed by atoms with Crippen molar-refractivity contribution in [1.29, 1.82) is 0 Å². The van der Waals surface area contributed by atoms with Crippen molar-refractivity contribution < 1.29 is 14.3 Å². The highest BCUT2D eigenvalue weighted by atomic mass is 16.5. The van der Waals surface area contributed by atoms with Gasteiger partial charge in [0.2, 0.25) is 0 Å². The summed E-state index contributed by atoms with van der Waals surface area (Å²) in [5.74, 6) is 1.40. The number of carbonyl (C=O) groups excluding carboxylic acids is 1. The van der Waals surface area contributed by atoms with Gasteiger partial charge in [-0.25, -0.2) is 0 Å². The number of rotatable bonds is 8. The first-order valence-corrected chi connectivity index (χ1v) is 7.56. The van der Waals surface area contributed by atoms with Gasteiger partial charge in [0, 0.05) is 12.1 Å². The van der Waals surface area contributed by atoms with Crippen LogP contribution in [-0.4, -0.2) is 19.1 Å². The van der Waals surface area contributed by atoms with Crippen molar-refractivity contribution in [3.8, 4) is 11.5 Å². The number of ether oxygens (including phenoxy) is 2. The van der Waals surface area contributed by atoms with Crippen molar-refractivity contribution in [3.05, 3.63) is 72.3 Å². The van der Waals surface area contributed by atoms with Crippen molar-refractivity contribution in [2.45, 2.75) is 13.5 Å². The monoisotopic (exact) mass is 311 g/mol. The van der Waals surface area contributed by atoms with Crippen LogP contribution in [0.5, 0.6) is 11.5 Å². The van der Waals surface area contributed by atoms with Crippen molar-refractivity contribution >= 4 is 5.91 Å². The molecule has 0 aliphatic carbocycles. The molecular weight excluding hydrogens is 290 g/mol. The highest BCUT2D eigenvalue weighted by Crippen LogP contribution is 2.14. The number of hydrogen-bond acceptors (Lipinski definition) is 3. The maximum absolute atomic E-state index is 12.2. The smallest absolute Gasteiger partial charge is 0.251 e. The average molecular weight is 311 g/mol. The van der Waals surface area contributed by atoms with Crippen LogP contribution in [0.4, 0.5) is 0 Å². The van der Waals surface area contributed by atoms with Gasteiger partial charge in [-0.15, -0.1) is 0 Å². The predicted molar refractivity (Wildman–Crippen MR) is 90.9 cm³/mol. The fourth-order valence-corrected chi connectivity index (χ4v) is 2.05. The molecule has 0 saturated carbocycles. The summed E-state index contributed by atoms with van der Waals surface area (Å²) in [5.41, 5.74) is 1.59. The zero-order valence-electron chi connectivity index (χ0n) is 13.2. The Morgan fingerprint density at radius 2 is 1.91 bits per heavy atom. The van der Waals surface area contributed by atoms with Crippen LogP contribution in [0.15, 0.2) is 61.2 Å². The molecule has 23 heavy (non-hydrogen) atoms. The molecular formula is C19H21NO3. The van der Waals surface area contributed by atoms with Crippen molar-refractivity contribution in [3.63, 3.8) is 0 Å². The first-order chi connectivity index (χ1) is 11.2. The molecule has 0 spiro atoms. The molecule has 0 aliphatic rings. The lowest BCUT2D eigenvalue weighted by atomic mass is 10.2. The lowest BCUT2D eigenvalue weighted by Gasteiger charge is -2.08. The molecule has 2 aromatic rings. The molecule has 0 aliphatic heterocycles. The minimum absolute atomic E-state index is 0.123. The summed E-state index contributed by atoms with van der Waals surface area (Å²) in [5, 5.41) is 2.90. The zero-order chi connectivity index (χ0) is 16.5. The summed E-state index contributed by atoms with van der Waals surface area (Å²) in [6, 6.07) is 14.7. The molecule has 4 heteroatoms. The van der Waals surface area contributed by atoms with Crippen LogP contribution in [0.1, 0.15) is 22.8 Å². The molecule has 1 amide bonds. The fraction of sp³-hybridized carbons (Fsp3) is 0.211. The van der Waals surface area contributed by atoms with E-state index < -0.39 is 0 Å². The summed E-state index contributed by atoms with van der Waals surface area (Å²) in [6.45, 7) is 7.06. The molecule has 0 radical (unpaired) electrons. The minimum atomic E-state index is -0.123. The quantitative estimate of drug-likeness (QED) is 0.758. The van der Waals surface area contributed by atoms with Crippen LogP contribution in [-0.2, 0) is 6.54 Å². The van der Waals surface area contributed by atoms with Gasteiger partial charge in [0.15, 0.2) is 0 Å². The third-order valence-corrected chi connectivity index (χ3v) is 3.15. The normalized spacial score (nSPS) is 9.96. The zero-order valence-corrected chi connectivity index (χ0v) is 13.2. The van der Waals surface area contributed by atoms with Crippen LogP contribution in [0, 0.1) is 0 Å². The van der Waals surface area contributed by atoms with E-state index in [2.05, 4.69) is 11.9 Å². The first-order valence-electron chi connectivity index (χ1n) is 7.56. The van der Waals surface area contributed by atoms with Gasteiger partial charge in [0.1, 0.15) is 18.1 Å². The van der Waals surface area contributed by atoms with Crippen LogP contribution in [0.25, 0.3) is 0 Å². The van der Waals surface area contributed by atoms with Gasteiger partial charge in [-0.2, -0.15) is 0 Å². The molecule has 0 heterocycles. The van der Waals surface area contributed by atoms with Gasteiger partial charge in [-0.3, -0.25) is 4.79 Å². The van der Waals surface area contributed by atoms with Gasteiger partial charge in [0.05, 0.1) is 6.61 Å². The Hall–Kier alpha value is -2.75. The topological polar surface area (TPSA) is 47.6 Å². The number of amides is 1. The third-order valence-electron chi connectivity index (χ3n) is 3.15. The number of hydrogen-bond donors (Lipinski definition) is 1. The molecule has 2 rings (SSSR count). The number of nitrogens with one attached hydrogen (secondary N) is 1. The van der Waals surface area contributed by atoms with E-state index in [0.29, 0.717) is 31.1 Å². The average Bonchev–Trinajstić information content (AvgIpc) is 2.59. The third kappa shape index (κ3) is 5.18. The molecule has 0 unspecified atom stereocenters. The van der Waals surface area contributed by atoms with Crippen LogP contribution < -0.4 is 14.8 Å². The minimum Gasteiger partial charge on any atom is -0.494 e. The van der Waals surface area contributed by atoms with E-state index >= 15 is 0 Å². The summed E-state index contributed by atoms with van der Waals surface area (Å²) in [6.07, 6.45) is 1.68. The van der Waals surface area contributed by atoms with E-state index in [9.17, 15) is 4.79 Å². The van der Waals surface area contributed by atoms with E-state index in [1.165, 1.54) is 0 Å². The highest BCUT2D eigenvalue weighted by molar-refractivity contribution is 5.94. The van der Waals surface area contributed by atoms with E-state index in [1.54, 1.807) is 30.3 Å². The summed E-state index contributed by atoms with van der Waals surface area (Å²) in [7, 11) is 0. The fourth-order valence-electron chi connectivity index (χ4n) is 2.05. The molecule has 0 fully saturated rings. The largest absolute Gasteiger partial charge is 0.494 e. The molecule has 0 saturated heterocycles. The maximum atomic E-state index is 12.2. The molecule has 120 valence electrons. The number of carbonyl (C=O) groups is 1. The summed E-state index contributed by atoms with van der Waals surface area (Å²) in [4.78, 5) is 12.2. The number of benzene rings is 2. The SMILES string of the molecule is C=CCOc1ccc(C(=O)NCc2cccc(OCC)c2)cc1. The summed E-state index contributed by atoms with van der Waals surface area (Å²) < 4.78 is 10.8. The van der Waals surface area contributed by atoms with Gasteiger partial charge in [-0.1, -0.05) is 24.8 Å². The van der Waals surface area contributed by atoms with E-state index in [-0.39, 0.29) is 5.91 Å². The summed E-state index contributed by atoms with van der Waals surface area (Å²) >= 11 is 0. The Bertz CT molecular complexity index is 650. The lowest BCUT2D eigenvalue weighted by Crippen LogP contribution is -2.22. The maximum Gasteiger partial charge on any atom is 0.251 e. The van der Waals surface area contributed by atoms with Crippen molar-refractivity contribution in [2.75, 3.05) is 13.2 Å². The Morgan fingerprint density at radius 1 is 1.13 bits per heavy atom. The lowest BCUT2D eigenvalue weighted by molar-refractivity contribution is 0.0951. The van der Waals surface area contributed by atoms with Crippen LogP contribution in [0.2, 0.25) is 0 Å². The Morgan fingerprint density at radius 3 is 2.61 bits per heavy atom. The van der Waals surface area contributed by atoms with Gasteiger partial charge in [-0.05, 0) is 48.9 Å². The standard InChI is InChI=1S/C19H21NO3/c1-3-12-23-17-10-8-16(9-11-17)19(21)20-14-15-6-5-7-18(13-15)22-4-2/h3,5-11,13H,1,4,12,14H2,2H3,(H,20,21). The van der Waals surface area contributed by atoms with E-state index in [4.69, 9.17) is 9.47 Å². The molecule has 2 aromatic carbocycles. The highest BCUT2D eigenvalue weighted by Gasteiger charge is 2.06. The second-order valence-corrected chi connectivity index (χ2v) is 4.89. The van der Waals surface area contributed by atoms with Gasteiger partial charge < -0.3 is 14.8 Å². The second kappa shape index (κ2) is 8.63. The molecule has 0 atom stereocenters. The predicted octanol–water partition coefficient (Wildman–Crippen LogP) is 3.58. The Labute approximate surface area is 136 Å². The van der Waals surface area contributed by atoms with Crippen molar-refractivity contribution in [1.82, 2.24) is 5.32 Å². The molecule has 0 bridgehead atoms.